The van der Waals surface area contributed by atoms with E-state index in [-0.39, 0.29) is 22.6 Å². The highest BCUT2D eigenvalue weighted by atomic mass is 32.2. The Balaban J connectivity index is 1.46. The van der Waals surface area contributed by atoms with Gasteiger partial charge in [0.15, 0.2) is 0 Å². The molecule has 1 atom stereocenters. The SMILES string of the molecule is COc1ccc2c(c1)c(=O)oc1cc(OC(=O)C(Cc3ccccc3)NS(=O)(=O)c3ccc(C)cc3)ccc12. The molecule has 0 amide bonds. The van der Waals surface area contributed by atoms with Crippen LogP contribution in [0.1, 0.15) is 11.1 Å². The van der Waals surface area contributed by atoms with Crippen LogP contribution in [-0.2, 0) is 21.2 Å². The Kier molecular flexibility index (Phi) is 7.19. The van der Waals surface area contributed by atoms with Gasteiger partial charge < -0.3 is 13.9 Å². The van der Waals surface area contributed by atoms with Crippen LogP contribution in [0, 0.1) is 6.92 Å². The highest BCUT2D eigenvalue weighted by Gasteiger charge is 2.28. The van der Waals surface area contributed by atoms with E-state index in [1.807, 2.05) is 13.0 Å². The maximum absolute atomic E-state index is 13.3. The monoisotopic (exact) mass is 543 g/mol. The van der Waals surface area contributed by atoms with Crippen LogP contribution in [0.15, 0.2) is 105 Å². The van der Waals surface area contributed by atoms with Crippen molar-refractivity contribution < 1.29 is 27.1 Å². The molecule has 0 radical (unpaired) electrons. The molecule has 0 fully saturated rings. The number of rotatable bonds is 8. The van der Waals surface area contributed by atoms with Gasteiger partial charge in [-0.15, -0.1) is 0 Å². The Hall–Kier alpha value is -4.47. The van der Waals surface area contributed by atoms with Crippen LogP contribution in [0.3, 0.4) is 0 Å². The number of hydrogen-bond acceptors (Lipinski definition) is 7. The number of methoxy groups -OCH3 is 1. The number of hydrogen-bond donors (Lipinski definition) is 1. The number of carbonyl (C=O) groups excluding carboxylic acids is 1. The molecule has 9 heteroatoms. The zero-order valence-electron chi connectivity index (χ0n) is 21.2. The van der Waals surface area contributed by atoms with Crippen molar-refractivity contribution in [2.45, 2.75) is 24.3 Å². The van der Waals surface area contributed by atoms with Crippen LogP contribution < -0.4 is 19.8 Å². The molecule has 1 unspecified atom stereocenters. The molecule has 1 heterocycles. The molecule has 8 nitrogen and oxygen atoms in total. The molecule has 0 aliphatic rings. The molecule has 198 valence electrons. The Morgan fingerprint density at radius 2 is 1.56 bits per heavy atom. The lowest BCUT2D eigenvalue weighted by molar-refractivity contribution is -0.136. The van der Waals surface area contributed by atoms with Crippen LogP contribution in [0.25, 0.3) is 21.7 Å². The van der Waals surface area contributed by atoms with E-state index < -0.39 is 27.7 Å². The third kappa shape index (κ3) is 5.69. The van der Waals surface area contributed by atoms with Crippen molar-refractivity contribution in [2.75, 3.05) is 7.11 Å². The Labute approximate surface area is 224 Å². The minimum atomic E-state index is -4.02. The summed E-state index contributed by atoms with van der Waals surface area (Å²) in [5.41, 5.74) is 1.32. The summed E-state index contributed by atoms with van der Waals surface area (Å²) in [5.74, 6) is -0.171. The summed E-state index contributed by atoms with van der Waals surface area (Å²) in [7, 11) is -2.51. The maximum atomic E-state index is 13.3. The average Bonchev–Trinajstić information content (AvgIpc) is 2.93. The smallest absolute Gasteiger partial charge is 0.344 e. The van der Waals surface area contributed by atoms with Crippen LogP contribution in [0.2, 0.25) is 0 Å². The molecule has 39 heavy (non-hydrogen) atoms. The molecular weight excluding hydrogens is 518 g/mol. The van der Waals surface area contributed by atoms with Crippen molar-refractivity contribution >= 4 is 37.7 Å². The third-order valence-electron chi connectivity index (χ3n) is 6.31. The number of fused-ring (bicyclic) bond motifs is 3. The third-order valence-corrected chi connectivity index (χ3v) is 7.79. The van der Waals surface area contributed by atoms with Crippen LogP contribution >= 0.6 is 0 Å². The van der Waals surface area contributed by atoms with Crippen molar-refractivity contribution in [3.05, 3.63) is 113 Å². The van der Waals surface area contributed by atoms with Crippen molar-refractivity contribution in [3.63, 3.8) is 0 Å². The molecule has 0 saturated carbocycles. The zero-order chi connectivity index (χ0) is 27.6. The van der Waals surface area contributed by atoms with Crippen LogP contribution in [0.5, 0.6) is 11.5 Å². The summed E-state index contributed by atoms with van der Waals surface area (Å²) < 4.78 is 45.0. The van der Waals surface area contributed by atoms with Crippen LogP contribution in [-0.4, -0.2) is 27.5 Å². The lowest BCUT2D eigenvalue weighted by Gasteiger charge is -2.18. The van der Waals surface area contributed by atoms with E-state index in [0.29, 0.717) is 21.9 Å². The predicted molar refractivity (Wildman–Crippen MR) is 148 cm³/mol. The van der Waals surface area contributed by atoms with Gasteiger partial charge in [-0.2, -0.15) is 4.72 Å². The van der Waals surface area contributed by atoms with Gasteiger partial charge >= 0.3 is 11.6 Å². The summed E-state index contributed by atoms with van der Waals surface area (Å²) in [6.45, 7) is 1.85. The Morgan fingerprint density at radius 1 is 0.872 bits per heavy atom. The van der Waals surface area contributed by atoms with E-state index in [1.165, 1.54) is 25.3 Å². The first kappa shape index (κ1) is 26.1. The normalized spacial score (nSPS) is 12.4. The molecule has 0 aliphatic heterocycles. The molecule has 5 aromatic rings. The molecule has 4 aromatic carbocycles. The highest BCUT2D eigenvalue weighted by Crippen LogP contribution is 2.29. The Morgan fingerprint density at radius 3 is 2.28 bits per heavy atom. The molecule has 5 rings (SSSR count). The minimum Gasteiger partial charge on any atom is -0.497 e. The first-order chi connectivity index (χ1) is 18.7. The first-order valence-corrected chi connectivity index (χ1v) is 13.6. The number of nitrogens with one attached hydrogen (secondary N) is 1. The van der Waals surface area contributed by atoms with Gasteiger partial charge in [-0.05, 0) is 61.4 Å². The van der Waals surface area contributed by atoms with Crippen molar-refractivity contribution in [3.8, 4) is 11.5 Å². The van der Waals surface area contributed by atoms with Crippen molar-refractivity contribution in [1.29, 1.82) is 0 Å². The van der Waals surface area contributed by atoms with Gasteiger partial charge in [-0.25, -0.2) is 18.0 Å². The fourth-order valence-electron chi connectivity index (χ4n) is 4.26. The lowest BCUT2D eigenvalue weighted by atomic mass is 10.1. The van der Waals surface area contributed by atoms with Gasteiger partial charge in [-0.1, -0.05) is 48.0 Å². The Bertz CT molecular complexity index is 1830. The number of esters is 1. The number of ether oxygens (including phenoxy) is 2. The van der Waals surface area contributed by atoms with E-state index >= 15 is 0 Å². The minimum absolute atomic E-state index is 0.0370. The number of carbonyl (C=O) groups is 1. The summed E-state index contributed by atoms with van der Waals surface area (Å²) in [5, 5.41) is 1.67. The lowest BCUT2D eigenvalue weighted by Crippen LogP contribution is -2.44. The molecule has 0 aliphatic carbocycles. The van der Waals surface area contributed by atoms with Gasteiger partial charge in [0.05, 0.1) is 17.4 Å². The number of benzene rings is 4. The fourth-order valence-corrected chi connectivity index (χ4v) is 5.45. The van der Waals surface area contributed by atoms with Crippen molar-refractivity contribution in [1.82, 2.24) is 4.72 Å². The van der Waals surface area contributed by atoms with Gasteiger partial charge in [0.2, 0.25) is 10.0 Å². The van der Waals surface area contributed by atoms with Gasteiger partial charge in [-0.3, -0.25) is 0 Å². The second-order valence-corrected chi connectivity index (χ2v) is 10.8. The number of sulfonamides is 1. The number of aryl methyl sites for hydroxylation is 1. The predicted octanol–water partition coefficient (Wildman–Crippen LogP) is 4.76. The summed E-state index contributed by atoms with van der Waals surface area (Å²) in [6.07, 6.45) is 0.0693. The van der Waals surface area contributed by atoms with Gasteiger partial charge in [0, 0.05) is 16.8 Å². The zero-order valence-corrected chi connectivity index (χ0v) is 22.0. The van der Waals surface area contributed by atoms with Crippen molar-refractivity contribution in [2.24, 2.45) is 0 Å². The average molecular weight is 544 g/mol. The fraction of sp³-hybridized carbons (Fsp3) is 0.133. The molecular formula is C30H25NO7S. The van der Waals surface area contributed by atoms with E-state index in [2.05, 4.69) is 4.72 Å². The second kappa shape index (κ2) is 10.7. The molecule has 1 N–H and O–H groups in total. The standard InChI is InChI=1S/C30H25NO7S/c1-19-8-12-23(13-9-19)39(34,35)31-27(16-20-6-4-3-5-7-20)30(33)37-22-11-15-25-24-14-10-21(36-2)17-26(24)29(32)38-28(25)18-22/h3-15,17-18,27,31H,16H2,1-2H3. The maximum Gasteiger partial charge on any atom is 0.344 e. The summed E-state index contributed by atoms with van der Waals surface area (Å²) >= 11 is 0. The molecule has 1 aromatic heterocycles. The second-order valence-electron chi connectivity index (χ2n) is 9.06. The van der Waals surface area contributed by atoms with E-state index in [0.717, 1.165) is 11.1 Å². The molecule has 0 saturated heterocycles. The van der Waals surface area contributed by atoms with Crippen LogP contribution in [0.4, 0.5) is 0 Å². The van der Waals surface area contributed by atoms with E-state index in [1.54, 1.807) is 66.7 Å². The topological polar surface area (TPSA) is 112 Å². The quantitative estimate of drug-likeness (QED) is 0.130. The van der Waals surface area contributed by atoms with E-state index in [9.17, 15) is 18.0 Å². The van der Waals surface area contributed by atoms with Gasteiger partial charge in [0.1, 0.15) is 23.1 Å². The first-order valence-electron chi connectivity index (χ1n) is 12.1. The molecule has 0 spiro atoms. The molecule has 0 bridgehead atoms. The highest BCUT2D eigenvalue weighted by molar-refractivity contribution is 7.89. The van der Waals surface area contributed by atoms with Gasteiger partial charge in [0.25, 0.3) is 0 Å². The largest absolute Gasteiger partial charge is 0.497 e. The summed E-state index contributed by atoms with van der Waals surface area (Å²) in [4.78, 5) is 26.0. The van der Waals surface area contributed by atoms with E-state index in [4.69, 9.17) is 13.9 Å². The summed E-state index contributed by atoms with van der Waals surface area (Å²) in [6, 6.07) is 23.9.